The van der Waals surface area contributed by atoms with Gasteiger partial charge >= 0.3 is 0 Å². The van der Waals surface area contributed by atoms with Crippen LogP contribution in [0.4, 0.5) is 5.69 Å². The van der Waals surface area contributed by atoms with Gasteiger partial charge in [-0.1, -0.05) is 11.6 Å². The second-order valence-electron chi connectivity index (χ2n) is 4.93. The molecule has 1 unspecified atom stereocenters. The lowest BCUT2D eigenvalue weighted by atomic mass is 10.1. The first kappa shape index (κ1) is 13.7. The van der Waals surface area contributed by atoms with Crippen LogP contribution in [0.2, 0.25) is 5.02 Å². The van der Waals surface area contributed by atoms with Gasteiger partial charge in [0.1, 0.15) is 0 Å². The number of nitrogens with one attached hydrogen (secondary N) is 1. The third kappa shape index (κ3) is 2.92. The van der Waals surface area contributed by atoms with Gasteiger partial charge in [0.2, 0.25) is 0 Å². The van der Waals surface area contributed by atoms with E-state index in [9.17, 15) is 0 Å². The van der Waals surface area contributed by atoms with Crippen molar-refractivity contribution in [2.24, 2.45) is 7.05 Å². The van der Waals surface area contributed by atoms with Crippen LogP contribution in [-0.4, -0.2) is 19.6 Å². The molecule has 0 aliphatic heterocycles. The van der Waals surface area contributed by atoms with Crippen LogP contribution in [0.15, 0.2) is 49.1 Å². The average Bonchev–Trinajstić information content (AvgIpc) is 3.10. The van der Waals surface area contributed by atoms with Gasteiger partial charge in [0.25, 0.3) is 0 Å². The fraction of sp³-hybridized carbons (Fsp3) is 0.200. The molecule has 0 amide bonds. The van der Waals surface area contributed by atoms with Crippen molar-refractivity contribution in [1.82, 2.24) is 19.6 Å². The van der Waals surface area contributed by atoms with Gasteiger partial charge in [0.05, 0.1) is 23.6 Å². The molecule has 21 heavy (non-hydrogen) atoms. The Morgan fingerprint density at radius 1 is 1.29 bits per heavy atom. The van der Waals surface area contributed by atoms with Gasteiger partial charge in [-0.2, -0.15) is 10.2 Å². The minimum Gasteiger partial charge on any atom is -0.377 e. The molecule has 2 heterocycles. The van der Waals surface area contributed by atoms with Gasteiger partial charge in [0.15, 0.2) is 0 Å². The molecule has 5 nitrogen and oxygen atoms in total. The Bertz CT molecular complexity index is 732. The molecule has 3 aromatic rings. The lowest BCUT2D eigenvalue weighted by Crippen LogP contribution is -2.09. The topological polar surface area (TPSA) is 47.7 Å². The monoisotopic (exact) mass is 301 g/mol. The van der Waals surface area contributed by atoms with Crippen molar-refractivity contribution in [2.45, 2.75) is 13.0 Å². The molecule has 108 valence electrons. The number of aryl methyl sites for hydroxylation is 1. The highest BCUT2D eigenvalue weighted by Crippen LogP contribution is 2.27. The number of rotatable bonds is 4. The average molecular weight is 302 g/mol. The van der Waals surface area contributed by atoms with Crippen LogP contribution in [0.25, 0.3) is 5.69 Å². The summed E-state index contributed by atoms with van der Waals surface area (Å²) >= 11 is 6.13. The van der Waals surface area contributed by atoms with Gasteiger partial charge in [-0.15, -0.1) is 0 Å². The molecule has 1 atom stereocenters. The summed E-state index contributed by atoms with van der Waals surface area (Å²) < 4.78 is 3.61. The Labute approximate surface area is 128 Å². The summed E-state index contributed by atoms with van der Waals surface area (Å²) in [7, 11) is 1.91. The number of anilines is 1. The zero-order valence-corrected chi connectivity index (χ0v) is 12.6. The molecule has 0 aliphatic carbocycles. The predicted octanol–water partition coefficient (Wildman–Crippen LogP) is 3.43. The molecule has 1 aromatic carbocycles. The molecule has 3 rings (SSSR count). The van der Waals surface area contributed by atoms with Crippen molar-refractivity contribution in [1.29, 1.82) is 0 Å². The van der Waals surface area contributed by atoms with Gasteiger partial charge in [-0.3, -0.25) is 4.68 Å². The zero-order valence-electron chi connectivity index (χ0n) is 11.9. The third-order valence-corrected chi connectivity index (χ3v) is 3.54. The maximum Gasteiger partial charge on any atom is 0.0878 e. The molecule has 0 aliphatic rings. The summed E-state index contributed by atoms with van der Waals surface area (Å²) in [5.74, 6) is 0. The van der Waals surface area contributed by atoms with Crippen molar-refractivity contribution in [3.8, 4) is 5.69 Å². The molecular weight excluding hydrogens is 286 g/mol. The second kappa shape index (κ2) is 5.61. The Balaban J connectivity index is 1.92. The van der Waals surface area contributed by atoms with Crippen LogP contribution in [0.1, 0.15) is 18.5 Å². The van der Waals surface area contributed by atoms with Crippen molar-refractivity contribution < 1.29 is 0 Å². The van der Waals surface area contributed by atoms with Crippen LogP contribution in [0.5, 0.6) is 0 Å². The van der Waals surface area contributed by atoms with Crippen LogP contribution in [-0.2, 0) is 7.05 Å². The maximum absolute atomic E-state index is 6.13. The van der Waals surface area contributed by atoms with Crippen molar-refractivity contribution in [2.75, 3.05) is 5.32 Å². The Hall–Kier alpha value is -2.27. The summed E-state index contributed by atoms with van der Waals surface area (Å²) in [5.41, 5.74) is 3.01. The smallest absolute Gasteiger partial charge is 0.0878 e. The largest absolute Gasteiger partial charge is 0.377 e. The fourth-order valence-electron chi connectivity index (χ4n) is 2.22. The van der Waals surface area contributed by atoms with E-state index >= 15 is 0 Å². The molecule has 0 bridgehead atoms. The van der Waals surface area contributed by atoms with E-state index in [1.165, 1.54) is 0 Å². The molecule has 0 radical (unpaired) electrons. The zero-order chi connectivity index (χ0) is 14.8. The number of halogens is 1. The van der Waals surface area contributed by atoms with Crippen LogP contribution >= 0.6 is 11.6 Å². The van der Waals surface area contributed by atoms with E-state index < -0.39 is 0 Å². The SMILES string of the molecule is CC(Nc1cc(Cl)ccc1-n1cccn1)c1cnn(C)c1. The minimum absolute atomic E-state index is 0.117. The van der Waals surface area contributed by atoms with Crippen molar-refractivity contribution in [3.63, 3.8) is 0 Å². The highest BCUT2D eigenvalue weighted by Gasteiger charge is 2.12. The Morgan fingerprint density at radius 2 is 2.14 bits per heavy atom. The summed E-state index contributed by atoms with van der Waals surface area (Å²) in [5, 5.41) is 12.6. The minimum atomic E-state index is 0.117. The van der Waals surface area contributed by atoms with E-state index in [4.69, 9.17) is 11.6 Å². The van der Waals surface area contributed by atoms with E-state index in [-0.39, 0.29) is 6.04 Å². The van der Waals surface area contributed by atoms with Gasteiger partial charge in [0, 0.05) is 36.2 Å². The molecule has 0 fully saturated rings. The Kier molecular flexibility index (Phi) is 3.66. The number of hydrogen-bond donors (Lipinski definition) is 1. The molecule has 1 N–H and O–H groups in total. The highest BCUT2D eigenvalue weighted by molar-refractivity contribution is 6.31. The number of nitrogens with zero attached hydrogens (tertiary/aromatic N) is 4. The molecular formula is C15H16ClN5. The maximum atomic E-state index is 6.13. The van der Waals surface area contributed by atoms with Gasteiger partial charge in [-0.05, 0) is 31.2 Å². The summed E-state index contributed by atoms with van der Waals surface area (Å²) in [6.07, 6.45) is 7.51. The van der Waals surface area contributed by atoms with Crippen LogP contribution in [0.3, 0.4) is 0 Å². The normalized spacial score (nSPS) is 12.3. The van der Waals surface area contributed by atoms with E-state index in [1.54, 1.807) is 10.9 Å². The van der Waals surface area contributed by atoms with Gasteiger partial charge in [-0.25, -0.2) is 4.68 Å². The quantitative estimate of drug-likeness (QED) is 0.803. The summed E-state index contributed by atoms with van der Waals surface area (Å²) in [6.45, 7) is 2.09. The standard InChI is InChI=1S/C15H16ClN5/c1-11(12-9-18-20(2)10-12)19-14-8-13(16)4-5-15(14)21-7-3-6-17-21/h3-11,19H,1-2H3. The lowest BCUT2D eigenvalue weighted by Gasteiger charge is -2.17. The number of benzene rings is 1. The summed E-state index contributed by atoms with van der Waals surface area (Å²) in [6, 6.07) is 7.73. The molecule has 0 saturated carbocycles. The van der Waals surface area contributed by atoms with E-state index in [2.05, 4.69) is 22.4 Å². The summed E-state index contributed by atoms with van der Waals surface area (Å²) in [4.78, 5) is 0. The number of aromatic nitrogens is 4. The first-order valence-electron chi connectivity index (χ1n) is 6.68. The second-order valence-corrected chi connectivity index (χ2v) is 5.36. The van der Waals surface area contributed by atoms with Crippen LogP contribution < -0.4 is 5.32 Å². The van der Waals surface area contributed by atoms with E-state index in [0.29, 0.717) is 5.02 Å². The third-order valence-electron chi connectivity index (χ3n) is 3.31. The van der Waals surface area contributed by atoms with Crippen molar-refractivity contribution in [3.05, 3.63) is 59.6 Å². The van der Waals surface area contributed by atoms with E-state index in [0.717, 1.165) is 16.9 Å². The lowest BCUT2D eigenvalue weighted by molar-refractivity contribution is 0.765. The molecule has 0 spiro atoms. The first-order chi connectivity index (χ1) is 10.1. The Morgan fingerprint density at radius 3 is 2.81 bits per heavy atom. The van der Waals surface area contributed by atoms with Gasteiger partial charge < -0.3 is 5.32 Å². The van der Waals surface area contributed by atoms with Crippen molar-refractivity contribution >= 4 is 17.3 Å². The van der Waals surface area contributed by atoms with Crippen LogP contribution in [0, 0.1) is 0 Å². The first-order valence-corrected chi connectivity index (χ1v) is 7.06. The fourth-order valence-corrected chi connectivity index (χ4v) is 2.39. The number of hydrogen-bond acceptors (Lipinski definition) is 3. The van der Waals surface area contributed by atoms with E-state index in [1.807, 2.05) is 54.6 Å². The highest BCUT2D eigenvalue weighted by atomic mass is 35.5. The molecule has 0 saturated heterocycles. The molecule has 2 aromatic heterocycles. The predicted molar refractivity (Wildman–Crippen MR) is 83.8 cm³/mol. The molecule has 6 heteroatoms.